The third-order valence-electron chi connectivity index (χ3n) is 4.41. The molecule has 3 aromatic rings. The maximum atomic E-state index is 5.58. The van der Waals surface area contributed by atoms with Crippen LogP contribution in [0.1, 0.15) is 22.7 Å². The average Bonchev–Trinajstić information content (AvgIpc) is 3.14. The van der Waals surface area contributed by atoms with Crippen molar-refractivity contribution in [2.24, 2.45) is 0 Å². The summed E-state index contributed by atoms with van der Waals surface area (Å²) in [5.41, 5.74) is 4.38. The summed E-state index contributed by atoms with van der Waals surface area (Å²) in [6.07, 6.45) is 0. The van der Waals surface area contributed by atoms with Crippen LogP contribution >= 0.6 is 12.2 Å². The molecule has 1 aliphatic rings. The van der Waals surface area contributed by atoms with Crippen molar-refractivity contribution in [3.8, 4) is 11.5 Å². The summed E-state index contributed by atoms with van der Waals surface area (Å²) >= 11 is 5.58. The zero-order valence-electron chi connectivity index (χ0n) is 14.9. The first-order chi connectivity index (χ1) is 13.2. The lowest BCUT2D eigenvalue weighted by atomic mass is 9.97. The number of hydrogen-bond donors (Lipinski definition) is 2. The molecule has 136 valence electrons. The van der Waals surface area contributed by atoms with Crippen molar-refractivity contribution in [3.63, 3.8) is 0 Å². The molecule has 1 aliphatic heterocycles. The van der Waals surface area contributed by atoms with Gasteiger partial charge in [0.05, 0.1) is 6.04 Å². The Morgan fingerprint density at radius 3 is 2.48 bits per heavy atom. The number of thiocarbonyl (C=S) groups is 1. The van der Waals surface area contributed by atoms with Gasteiger partial charge in [-0.05, 0) is 42.4 Å². The predicted octanol–water partition coefficient (Wildman–Crippen LogP) is 4.80. The molecule has 1 atom stereocenters. The molecule has 0 aromatic heterocycles. The van der Waals surface area contributed by atoms with Gasteiger partial charge in [-0.1, -0.05) is 60.2 Å². The van der Waals surface area contributed by atoms with E-state index in [9.17, 15) is 0 Å². The van der Waals surface area contributed by atoms with Gasteiger partial charge in [-0.2, -0.15) is 0 Å². The summed E-state index contributed by atoms with van der Waals surface area (Å²) in [6, 6.07) is 24.4. The van der Waals surface area contributed by atoms with Crippen LogP contribution < -0.4 is 20.1 Å². The molecule has 4 nitrogen and oxygen atoms in total. The van der Waals surface area contributed by atoms with Gasteiger partial charge in [0.1, 0.15) is 0 Å². The van der Waals surface area contributed by atoms with E-state index in [0.717, 1.165) is 28.3 Å². The van der Waals surface area contributed by atoms with Gasteiger partial charge in [0.15, 0.2) is 16.6 Å². The maximum Gasteiger partial charge on any atom is 0.231 e. The highest BCUT2D eigenvalue weighted by Gasteiger charge is 2.17. The van der Waals surface area contributed by atoms with Crippen LogP contribution in [0, 0.1) is 6.92 Å². The van der Waals surface area contributed by atoms with Crippen molar-refractivity contribution >= 4 is 23.0 Å². The Hall–Kier alpha value is -3.05. The van der Waals surface area contributed by atoms with Crippen LogP contribution in [0.25, 0.3) is 0 Å². The molecule has 0 bridgehead atoms. The Balaban J connectivity index is 1.55. The van der Waals surface area contributed by atoms with Gasteiger partial charge < -0.3 is 20.1 Å². The Bertz CT molecular complexity index is 960. The molecule has 0 amide bonds. The maximum absolute atomic E-state index is 5.58. The number of benzene rings is 3. The Labute approximate surface area is 164 Å². The second-order valence-electron chi connectivity index (χ2n) is 6.42. The number of aryl methyl sites for hydroxylation is 1. The lowest BCUT2D eigenvalue weighted by molar-refractivity contribution is 0.174. The van der Waals surface area contributed by atoms with Gasteiger partial charge in [0.2, 0.25) is 6.79 Å². The smallest absolute Gasteiger partial charge is 0.231 e. The molecule has 3 aromatic carbocycles. The first-order valence-electron chi connectivity index (χ1n) is 8.78. The van der Waals surface area contributed by atoms with Crippen LogP contribution in [0.2, 0.25) is 0 Å². The minimum atomic E-state index is -0.0416. The number of nitrogens with one attached hydrogen (secondary N) is 2. The fourth-order valence-electron chi connectivity index (χ4n) is 3.13. The fourth-order valence-corrected chi connectivity index (χ4v) is 3.36. The van der Waals surface area contributed by atoms with Gasteiger partial charge >= 0.3 is 0 Å². The molecule has 0 radical (unpaired) electrons. The Morgan fingerprint density at radius 1 is 0.889 bits per heavy atom. The fraction of sp³-hybridized carbons (Fsp3) is 0.136. The van der Waals surface area contributed by atoms with Crippen molar-refractivity contribution in [3.05, 3.63) is 89.5 Å². The SMILES string of the molecule is Cc1cccc(C(NC(=S)Nc2ccc3c(c2)OCO3)c2ccccc2)c1. The van der Waals surface area contributed by atoms with Crippen LogP contribution in [0.3, 0.4) is 0 Å². The number of ether oxygens (including phenoxy) is 2. The molecule has 1 heterocycles. The number of rotatable bonds is 4. The summed E-state index contributed by atoms with van der Waals surface area (Å²) in [7, 11) is 0. The highest BCUT2D eigenvalue weighted by atomic mass is 32.1. The molecule has 0 fully saturated rings. The minimum absolute atomic E-state index is 0.0416. The van der Waals surface area contributed by atoms with E-state index in [2.05, 4.69) is 54.0 Å². The zero-order valence-corrected chi connectivity index (χ0v) is 15.8. The van der Waals surface area contributed by atoms with Gasteiger partial charge in [-0.3, -0.25) is 0 Å². The first-order valence-corrected chi connectivity index (χ1v) is 9.18. The van der Waals surface area contributed by atoms with Crippen LogP contribution in [0.15, 0.2) is 72.8 Å². The second kappa shape index (κ2) is 7.68. The third-order valence-corrected chi connectivity index (χ3v) is 4.63. The summed E-state index contributed by atoms with van der Waals surface area (Å²) in [5, 5.41) is 7.23. The van der Waals surface area contributed by atoms with E-state index < -0.39 is 0 Å². The quantitative estimate of drug-likeness (QED) is 0.640. The number of hydrogen-bond acceptors (Lipinski definition) is 3. The summed E-state index contributed by atoms with van der Waals surface area (Å²) < 4.78 is 10.8. The lowest BCUT2D eigenvalue weighted by Gasteiger charge is -2.22. The van der Waals surface area contributed by atoms with E-state index in [0.29, 0.717) is 5.11 Å². The topological polar surface area (TPSA) is 42.5 Å². The van der Waals surface area contributed by atoms with Crippen molar-refractivity contribution in [2.45, 2.75) is 13.0 Å². The molecule has 0 spiro atoms. The second-order valence-corrected chi connectivity index (χ2v) is 6.83. The molecule has 2 N–H and O–H groups in total. The molecule has 1 unspecified atom stereocenters. The van der Waals surface area contributed by atoms with Crippen LogP contribution in [0.5, 0.6) is 11.5 Å². The Kier molecular flexibility index (Phi) is 4.94. The summed E-state index contributed by atoms with van der Waals surface area (Å²) in [4.78, 5) is 0. The summed E-state index contributed by atoms with van der Waals surface area (Å²) in [6.45, 7) is 2.35. The molecule has 27 heavy (non-hydrogen) atoms. The monoisotopic (exact) mass is 376 g/mol. The molecular formula is C22H20N2O2S. The molecule has 4 rings (SSSR count). The van der Waals surface area contributed by atoms with Gasteiger partial charge in [0, 0.05) is 11.8 Å². The first kappa shape index (κ1) is 17.4. The lowest BCUT2D eigenvalue weighted by Crippen LogP contribution is -2.33. The average molecular weight is 376 g/mol. The van der Waals surface area contributed by atoms with Crippen LogP contribution in [0.4, 0.5) is 5.69 Å². The normalized spacial score (nSPS) is 13.1. The number of fused-ring (bicyclic) bond motifs is 1. The largest absolute Gasteiger partial charge is 0.454 e. The molecule has 0 aliphatic carbocycles. The van der Waals surface area contributed by atoms with Gasteiger partial charge in [-0.25, -0.2) is 0 Å². The van der Waals surface area contributed by atoms with Crippen molar-refractivity contribution < 1.29 is 9.47 Å². The van der Waals surface area contributed by atoms with E-state index >= 15 is 0 Å². The zero-order chi connectivity index (χ0) is 18.6. The highest BCUT2D eigenvalue weighted by Crippen LogP contribution is 2.34. The molecule has 5 heteroatoms. The standard InChI is InChI=1S/C22H20N2O2S/c1-15-6-5-9-17(12-15)21(16-7-3-2-4-8-16)24-22(27)23-18-10-11-19-20(13-18)26-14-25-19/h2-13,21H,14H2,1H3,(H2,23,24,27). The predicted molar refractivity (Wildman–Crippen MR) is 111 cm³/mol. The van der Waals surface area contributed by atoms with Crippen LogP contribution in [-0.2, 0) is 0 Å². The Morgan fingerprint density at radius 2 is 1.67 bits per heavy atom. The summed E-state index contributed by atoms with van der Waals surface area (Å²) in [5.74, 6) is 1.47. The molecule has 0 saturated carbocycles. The van der Waals surface area contributed by atoms with E-state index in [4.69, 9.17) is 21.7 Å². The van der Waals surface area contributed by atoms with E-state index in [1.165, 1.54) is 5.56 Å². The molecule has 0 saturated heterocycles. The van der Waals surface area contributed by atoms with E-state index in [1.807, 2.05) is 36.4 Å². The van der Waals surface area contributed by atoms with Gasteiger partial charge in [0.25, 0.3) is 0 Å². The highest BCUT2D eigenvalue weighted by molar-refractivity contribution is 7.80. The van der Waals surface area contributed by atoms with Crippen LogP contribution in [-0.4, -0.2) is 11.9 Å². The van der Waals surface area contributed by atoms with Crippen molar-refractivity contribution in [2.75, 3.05) is 12.1 Å². The number of anilines is 1. The van der Waals surface area contributed by atoms with E-state index in [-0.39, 0.29) is 12.8 Å². The van der Waals surface area contributed by atoms with E-state index in [1.54, 1.807) is 0 Å². The minimum Gasteiger partial charge on any atom is -0.454 e. The molecular weight excluding hydrogens is 356 g/mol. The van der Waals surface area contributed by atoms with Gasteiger partial charge in [-0.15, -0.1) is 0 Å². The van der Waals surface area contributed by atoms with Crippen molar-refractivity contribution in [1.82, 2.24) is 5.32 Å². The van der Waals surface area contributed by atoms with Crippen molar-refractivity contribution in [1.29, 1.82) is 0 Å². The third kappa shape index (κ3) is 4.04.